The lowest BCUT2D eigenvalue weighted by atomic mass is 10.2. The standard InChI is InChI=1S/C15H18N6/c1-4-21(11-8-6-5-7-10(11)2)14-12-13(18-9-17-12)19-15(16-3)20-14/h5-9H,4H2,1-3H3,(H2,16,17,18,19,20). The lowest BCUT2D eigenvalue weighted by molar-refractivity contribution is 0.981. The van der Waals surface area contributed by atoms with E-state index >= 15 is 0 Å². The summed E-state index contributed by atoms with van der Waals surface area (Å²) in [4.78, 5) is 18.5. The Hall–Kier alpha value is -2.63. The summed E-state index contributed by atoms with van der Waals surface area (Å²) in [6.45, 7) is 5.01. The Morgan fingerprint density at radius 1 is 1.24 bits per heavy atom. The van der Waals surface area contributed by atoms with Crippen LogP contribution < -0.4 is 10.2 Å². The molecule has 2 N–H and O–H groups in total. The van der Waals surface area contributed by atoms with E-state index in [2.05, 4.69) is 56.1 Å². The number of aromatic amines is 1. The minimum absolute atomic E-state index is 0.566. The molecule has 6 nitrogen and oxygen atoms in total. The minimum atomic E-state index is 0.566. The molecular formula is C15H18N6. The van der Waals surface area contributed by atoms with Gasteiger partial charge in [-0.2, -0.15) is 9.97 Å². The van der Waals surface area contributed by atoms with Gasteiger partial charge >= 0.3 is 0 Å². The molecule has 0 saturated heterocycles. The van der Waals surface area contributed by atoms with Crippen LogP contribution >= 0.6 is 0 Å². The second-order valence-electron chi connectivity index (χ2n) is 4.75. The topological polar surface area (TPSA) is 69.7 Å². The average Bonchev–Trinajstić information content (AvgIpc) is 2.98. The van der Waals surface area contributed by atoms with Crippen molar-refractivity contribution in [2.45, 2.75) is 13.8 Å². The van der Waals surface area contributed by atoms with E-state index in [4.69, 9.17) is 0 Å². The first kappa shape index (κ1) is 13.4. The van der Waals surface area contributed by atoms with Crippen LogP contribution in [0.4, 0.5) is 17.5 Å². The highest BCUT2D eigenvalue weighted by Crippen LogP contribution is 2.31. The Morgan fingerprint density at radius 3 is 2.76 bits per heavy atom. The summed E-state index contributed by atoms with van der Waals surface area (Å²) >= 11 is 0. The number of fused-ring (bicyclic) bond motifs is 1. The van der Waals surface area contributed by atoms with Crippen molar-refractivity contribution >= 4 is 28.6 Å². The highest BCUT2D eigenvalue weighted by atomic mass is 15.2. The van der Waals surface area contributed by atoms with Crippen molar-refractivity contribution in [2.24, 2.45) is 0 Å². The fraction of sp³-hybridized carbons (Fsp3) is 0.267. The Bertz CT molecular complexity index is 764. The molecule has 0 radical (unpaired) electrons. The van der Waals surface area contributed by atoms with Crippen LogP contribution in [0.2, 0.25) is 0 Å². The third kappa shape index (κ3) is 2.29. The number of aromatic nitrogens is 4. The first-order valence-corrected chi connectivity index (χ1v) is 6.96. The number of hydrogen-bond acceptors (Lipinski definition) is 5. The average molecular weight is 282 g/mol. The van der Waals surface area contributed by atoms with Gasteiger partial charge in [-0.25, -0.2) is 4.98 Å². The molecule has 0 spiro atoms. The molecule has 0 aliphatic rings. The molecule has 2 heterocycles. The van der Waals surface area contributed by atoms with Gasteiger partial charge < -0.3 is 15.2 Å². The summed E-state index contributed by atoms with van der Waals surface area (Å²) in [5.41, 5.74) is 3.85. The summed E-state index contributed by atoms with van der Waals surface area (Å²) in [7, 11) is 1.81. The Kier molecular flexibility index (Phi) is 3.43. The van der Waals surface area contributed by atoms with Crippen LogP contribution in [0.25, 0.3) is 11.2 Å². The molecule has 1 aromatic carbocycles. The first-order chi connectivity index (χ1) is 10.2. The number of benzene rings is 1. The molecule has 108 valence electrons. The van der Waals surface area contributed by atoms with Gasteiger partial charge in [-0.1, -0.05) is 18.2 Å². The molecular weight excluding hydrogens is 264 g/mol. The summed E-state index contributed by atoms with van der Waals surface area (Å²) in [5, 5.41) is 2.99. The van der Waals surface area contributed by atoms with Crippen LogP contribution in [-0.2, 0) is 0 Å². The Labute approximate surface area is 123 Å². The molecule has 0 saturated carbocycles. The van der Waals surface area contributed by atoms with Crippen molar-refractivity contribution in [1.29, 1.82) is 0 Å². The number of hydrogen-bond donors (Lipinski definition) is 2. The molecule has 0 aliphatic heterocycles. The molecule has 3 rings (SSSR count). The van der Waals surface area contributed by atoms with Crippen LogP contribution in [0, 0.1) is 6.92 Å². The van der Waals surface area contributed by atoms with E-state index in [0.717, 1.165) is 23.6 Å². The van der Waals surface area contributed by atoms with Gasteiger partial charge in [0.15, 0.2) is 11.5 Å². The number of nitrogens with one attached hydrogen (secondary N) is 2. The number of para-hydroxylation sites is 1. The van der Waals surface area contributed by atoms with Gasteiger partial charge in [-0.05, 0) is 25.5 Å². The van der Waals surface area contributed by atoms with Crippen molar-refractivity contribution in [3.63, 3.8) is 0 Å². The molecule has 0 atom stereocenters. The number of aryl methyl sites for hydroxylation is 1. The van der Waals surface area contributed by atoms with E-state index in [9.17, 15) is 0 Å². The zero-order valence-corrected chi connectivity index (χ0v) is 12.4. The number of rotatable bonds is 4. The molecule has 0 aliphatic carbocycles. The quantitative estimate of drug-likeness (QED) is 0.770. The van der Waals surface area contributed by atoms with Gasteiger partial charge in [0.25, 0.3) is 0 Å². The highest BCUT2D eigenvalue weighted by molar-refractivity contribution is 5.87. The largest absolute Gasteiger partial charge is 0.357 e. The molecule has 3 aromatic rings. The molecule has 0 fully saturated rings. The monoisotopic (exact) mass is 282 g/mol. The van der Waals surface area contributed by atoms with Crippen LogP contribution in [0.5, 0.6) is 0 Å². The van der Waals surface area contributed by atoms with Crippen LogP contribution in [0.1, 0.15) is 12.5 Å². The second-order valence-corrected chi connectivity index (χ2v) is 4.75. The zero-order valence-electron chi connectivity index (χ0n) is 12.4. The van der Waals surface area contributed by atoms with Crippen molar-refractivity contribution in [3.8, 4) is 0 Å². The maximum Gasteiger partial charge on any atom is 0.226 e. The van der Waals surface area contributed by atoms with Gasteiger partial charge in [0.05, 0.1) is 6.33 Å². The van der Waals surface area contributed by atoms with Gasteiger partial charge in [-0.3, -0.25) is 0 Å². The molecule has 0 amide bonds. The molecule has 0 unspecified atom stereocenters. The Morgan fingerprint density at radius 2 is 2.05 bits per heavy atom. The predicted molar refractivity (Wildman–Crippen MR) is 85.1 cm³/mol. The smallest absolute Gasteiger partial charge is 0.226 e. The number of anilines is 3. The molecule has 2 aromatic heterocycles. The van der Waals surface area contributed by atoms with Crippen LogP contribution in [-0.4, -0.2) is 33.5 Å². The van der Waals surface area contributed by atoms with Crippen LogP contribution in [0.3, 0.4) is 0 Å². The van der Waals surface area contributed by atoms with E-state index in [0.29, 0.717) is 11.6 Å². The number of nitrogens with zero attached hydrogens (tertiary/aromatic N) is 4. The fourth-order valence-electron chi connectivity index (χ4n) is 2.43. The number of H-pyrrole nitrogens is 1. The van der Waals surface area contributed by atoms with E-state index in [1.165, 1.54) is 5.56 Å². The maximum atomic E-state index is 4.61. The summed E-state index contributed by atoms with van der Waals surface area (Å²) < 4.78 is 0. The van der Waals surface area contributed by atoms with E-state index < -0.39 is 0 Å². The van der Waals surface area contributed by atoms with Gasteiger partial charge in [-0.15, -0.1) is 0 Å². The SMILES string of the molecule is CCN(c1ccccc1C)c1nc(NC)nc2nc[nH]c12. The summed E-state index contributed by atoms with van der Waals surface area (Å²) in [6, 6.07) is 8.28. The van der Waals surface area contributed by atoms with Crippen molar-refractivity contribution in [1.82, 2.24) is 19.9 Å². The maximum absolute atomic E-state index is 4.61. The van der Waals surface area contributed by atoms with Crippen molar-refractivity contribution < 1.29 is 0 Å². The molecule has 6 heteroatoms. The minimum Gasteiger partial charge on any atom is -0.357 e. The second kappa shape index (κ2) is 5.40. The van der Waals surface area contributed by atoms with Crippen molar-refractivity contribution in [3.05, 3.63) is 36.2 Å². The first-order valence-electron chi connectivity index (χ1n) is 6.96. The summed E-state index contributed by atoms with van der Waals surface area (Å²) in [5.74, 6) is 1.40. The normalized spacial score (nSPS) is 10.8. The van der Waals surface area contributed by atoms with E-state index in [-0.39, 0.29) is 0 Å². The van der Waals surface area contributed by atoms with Gasteiger partial charge in [0, 0.05) is 19.3 Å². The lowest BCUT2D eigenvalue weighted by Crippen LogP contribution is -2.19. The molecule has 21 heavy (non-hydrogen) atoms. The number of imidazole rings is 1. The lowest BCUT2D eigenvalue weighted by Gasteiger charge is -2.24. The highest BCUT2D eigenvalue weighted by Gasteiger charge is 2.17. The third-order valence-corrected chi connectivity index (χ3v) is 3.47. The van der Waals surface area contributed by atoms with Gasteiger partial charge in [0.1, 0.15) is 5.52 Å². The van der Waals surface area contributed by atoms with Crippen LogP contribution in [0.15, 0.2) is 30.6 Å². The fourth-order valence-corrected chi connectivity index (χ4v) is 2.43. The predicted octanol–water partition coefficient (Wildman–Crippen LogP) is 2.86. The van der Waals surface area contributed by atoms with Crippen molar-refractivity contribution in [2.75, 3.05) is 23.8 Å². The van der Waals surface area contributed by atoms with Gasteiger partial charge in [0.2, 0.25) is 5.95 Å². The van der Waals surface area contributed by atoms with E-state index in [1.54, 1.807) is 6.33 Å². The third-order valence-electron chi connectivity index (χ3n) is 3.47. The molecule has 0 bridgehead atoms. The Balaban J connectivity index is 2.21. The van der Waals surface area contributed by atoms with E-state index in [1.807, 2.05) is 19.2 Å². The zero-order chi connectivity index (χ0) is 14.8. The summed E-state index contributed by atoms with van der Waals surface area (Å²) in [6.07, 6.45) is 1.65.